The van der Waals surface area contributed by atoms with Crippen LogP contribution in [0.1, 0.15) is 16.6 Å². The molecule has 9 heteroatoms. The zero-order chi connectivity index (χ0) is 14.4. The number of imidazole rings is 1. The van der Waals surface area contributed by atoms with Crippen LogP contribution in [0.3, 0.4) is 0 Å². The number of primary amides is 1. The molecule has 2 aromatic rings. The minimum atomic E-state index is -1.24. The van der Waals surface area contributed by atoms with Gasteiger partial charge in [0.25, 0.3) is 5.91 Å². The molecule has 9 nitrogen and oxygen atoms in total. The van der Waals surface area contributed by atoms with Gasteiger partial charge in [-0.2, -0.15) is 5.10 Å². The lowest BCUT2D eigenvalue weighted by atomic mass is 10.1. The van der Waals surface area contributed by atoms with Gasteiger partial charge in [-0.1, -0.05) is 0 Å². The van der Waals surface area contributed by atoms with E-state index >= 15 is 0 Å². The molecular formula is C11H14N4O5. The lowest BCUT2D eigenvalue weighted by Crippen LogP contribution is -2.33. The normalized spacial score (nSPS) is 30.1. The van der Waals surface area contributed by atoms with Crippen LogP contribution in [0.15, 0.2) is 18.6 Å². The molecule has 20 heavy (non-hydrogen) atoms. The van der Waals surface area contributed by atoms with Gasteiger partial charge in [-0.3, -0.25) is 4.79 Å². The van der Waals surface area contributed by atoms with E-state index in [9.17, 15) is 15.0 Å². The number of aromatic nitrogens is 3. The first kappa shape index (κ1) is 13.1. The van der Waals surface area contributed by atoms with E-state index in [2.05, 4.69) is 5.10 Å². The number of hydrogen-bond donors (Lipinski definition) is 4. The van der Waals surface area contributed by atoms with Crippen molar-refractivity contribution in [1.29, 1.82) is 0 Å². The number of hydrogen-bond acceptors (Lipinski definition) is 6. The molecule has 0 spiro atoms. The average Bonchev–Trinajstić information content (AvgIpc) is 3.06. The van der Waals surface area contributed by atoms with E-state index in [1.807, 2.05) is 0 Å². The van der Waals surface area contributed by atoms with Gasteiger partial charge in [-0.05, 0) is 0 Å². The van der Waals surface area contributed by atoms with Gasteiger partial charge in [-0.25, -0.2) is 4.52 Å². The van der Waals surface area contributed by atoms with Gasteiger partial charge >= 0.3 is 0 Å². The quantitative estimate of drug-likeness (QED) is 0.506. The molecule has 4 atom stereocenters. The van der Waals surface area contributed by atoms with Gasteiger partial charge < -0.3 is 30.4 Å². The van der Waals surface area contributed by atoms with Crippen LogP contribution in [0.5, 0.6) is 0 Å². The van der Waals surface area contributed by atoms with Crippen molar-refractivity contribution in [3.63, 3.8) is 0 Å². The van der Waals surface area contributed by atoms with Crippen LogP contribution in [-0.2, 0) is 4.74 Å². The summed E-state index contributed by atoms with van der Waals surface area (Å²) in [6, 6.07) is 0. The van der Waals surface area contributed by atoms with E-state index in [1.54, 1.807) is 12.4 Å². The predicted molar refractivity (Wildman–Crippen MR) is 64.7 cm³/mol. The predicted octanol–water partition coefficient (Wildman–Crippen LogP) is -2.15. The molecule has 0 unspecified atom stereocenters. The lowest BCUT2D eigenvalue weighted by Gasteiger charge is -2.17. The van der Waals surface area contributed by atoms with Gasteiger partial charge in [0.05, 0.1) is 12.8 Å². The third kappa shape index (κ3) is 1.72. The van der Waals surface area contributed by atoms with Crippen molar-refractivity contribution in [2.75, 3.05) is 6.61 Å². The largest absolute Gasteiger partial charge is 0.394 e. The number of nitrogens with zero attached hydrogens (tertiary/aromatic N) is 3. The molecule has 1 amide bonds. The second kappa shape index (κ2) is 4.56. The summed E-state index contributed by atoms with van der Waals surface area (Å²) in [5.41, 5.74) is 5.80. The van der Waals surface area contributed by atoms with Gasteiger partial charge in [0.2, 0.25) is 0 Å². The highest BCUT2D eigenvalue weighted by molar-refractivity contribution is 5.98. The first-order valence-electron chi connectivity index (χ1n) is 6.01. The fraction of sp³-hybridized carbons (Fsp3) is 0.455. The maximum Gasteiger partial charge on any atom is 0.254 e. The Morgan fingerprint density at radius 3 is 2.75 bits per heavy atom. The summed E-state index contributed by atoms with van der Waals surface area (Å²) in [4.78, 5) is 11.4. The van der Waals surface area contributed by atoms with E-state index in [0.717, 1.165) is 0 Å². The zero-order valence-corrected chi connectivity index (χ0v) is 10.3. The van der Waals surface area contributed by atoms with Crippen molar-refractivity contribution >= 4 is 11.6 Å². The maximum absolute atomic E-state index is 11.4. The van der Waals surface area contributed by atoms with Gasteiger partial charge in [0, 0.05) is 12.4 Å². The Balaban J connectivity index is 2.06. The maximum atomic E-state index is 11.4. The van der Waals surface area contributed by atoms with E-state index < -0.39 is 37.1 Å². The van der Waals surface area contributed by atoms with Crippen LogP contribution in [0, 0.1) is 0 Å². The molecule has 0 bridgehead atoms. The third-order valence-corrected chi connectivity index (χ3v) is 3.44. The highest BCUT2D eigenvalue weighted by Gasteiger charge is 2.44. The highest BCUT2D eigenvalue weighted by Crippen LogP contribution is 2.31. The van der Waals surface area contributed by atoms with E-state index in [0.29, 0.717) is 5.65 Å². The molecule has 2 aromatic heterocycles. The Labute approximate surface area is 112 Å². The molecular weight excluding hydrogens is 268 g/mol. The number of nitrogens with two attached hydrogens (primary N) is 1. The molecule has 0 radical (unpaired) electrons. The molecule has 1 fully saturated rings. The Bertz CT molecular complexity index is 650. The molecule has 0 saturated carbocycles. The van der Waals surface area contributed by atoms with Crippen LogP contribution in [-0.4, -0.2) is 60.3 Å². The monoisotopic (exact) mass is 282 g/mol. The summed E-state index contributed by atoms with van der Waals surface area (Å²) in [6.07, 6.45) is 0.152. The number of carbonyl (C=O) groups excluding carboxylic acids is 1. The lowest BCUT2D eigenvalue weighted by molar-refractivity contribution is -0.0508. The summed E-state index contributed by atoms with van der Waals surface area (Å²) in [6.45, 7) is -0.422. The van der Waals surface area contributed by atoms with Crippen molar-refractivity contribution in [1.82, 2.24) is 14.2 Å². The molecule has 0 aliphatic carbocycles. The van der Waals surface area contributed by atoms with E-state index in [4.69, 9.17) is 15.6 Å². The summed E-state index contributed by atoms with van der Waals surface area (Å²) >= 11 is 0. The van der Waals surface area contributed by atoms with Crippen LogP contribution in [0.25, 0.3) is 5.65 Å². The number of carbonyl (C=O) groups is 1. The average molecular weight is 282 g/mol. The first-order chi connectivity index (χ1) is 9.54. The Morgan fingerprint density at radius 2 is 2.15 bits per heavy atom. The number of fused-ring (bicyclic) bond motifs is 1. The molecule has 0 aromatic carbocycles. The van der Waals surface area contributed by atoms with Crippen LogP contribution in [0.4, 0.5) is 0 Å². The smallest absolute Gasteiger partial charge is 0.254 e. The minimum Gasteiger partial charge on any atom is -0.394 e. The molecule has 3 heterocycles. The van der Waals surface area contributed by atoms with Crippen molar-refractivity contribution in [2.45, 2.75) is 24.5 Å². The molecule has 5 N–H and O–H groups in total. The minimum absolute atomic E-state index is 0.174. The van der Waals surface area contributed by atoms with Crippen LogP contribution in [0.2, 0.25) is 0 Å². The standard InChI is InChI=1S/C11H14N4O5/c12-9(19)5-3-13-15-2-1-14(10(5)15)11-8(18)7(17)6(4-16)20-11/h1-3,6-8,11,16-18H,4H2,(H2,12,19)/t6-,7+,8+,11-/m0/s1. The van der Waals surface area contributed by atoms with Gasteiger partial charge in [0.1, 0.15) is 23.9 Å². The zero-order valence-electron chi connectivity index (χ0n) is 10.3. The van der Waals surface area contributed by atoms with Gasteiger partial charge in [0.15, 0.2) is 11.9 Å². The van der Waals surface area contributed by atoms with Crippen molar-refractivity contribution in [3.8, 4) is 0 Å². The summed E-state index contributed by atoms with van der Waals surface area (Å²) in [5, 5.41) is 32.8. The molecule has 1 saturated heterocycles. The summed E-state index contributed by atoms with van der Waals surface area (Å²) in [5.74, 6) is -0.660. The second-order valence-electron chi connectivity index (χ2n) is 4.62. The number of aliphatic hydroxyl groups is 3. The second-order valence-corrected chi connectivity index (χ2v) is 4.62. The first-order valence-corrected chi connectivity index (χ1v) is 6.01. The Hall–Kier alpha value is -1.94. The molecule has 1 aliphatic rings. The molecule has 108 valence electrons. The van der Waals surface area contributed by atoms with Crippen molar-refractivity contribution in [3.05, 3.63) is 24.2 Å². The summed E-state index contributed by atoms with van der Waals surface area (Å²) < 4.78 is 8.28. The topological polar surface area (TPSA) is 135 Å². The fourth-order valence-electron chi connectivity index (χ4n) is 2.42. The van der Waals surface area contributed by atoms with E-state index in [1.165, 1.54) is 15.3 Å². The Morgan fingerprint density at radius 1 is 1.40 bits per heavy atom. The number of amides is 1. The number of aliphatic hydroxyl groups excluding tert-OH is 3. The Kier molecular flexibility index (Phi) is 2.98. The fourth-order valence-corrected chi connectivity index (χ4v) is 2.42. The van der Waals surface area contributed by atoms with Crippen molar-refractivity contribution in [2.24, 2.45) is 5.73 Å². The highest BCUT2D eigenvalue weighted by atomic mass is 16.6. The van der Waals surface area contributed by atoms with Crippen molar-refractivity contribution < 1.29 is 24.9 Å². The van der Waals surface area contributed by atoms with Gasteiger partial charge in [-0.15, -0.1) is 0 Å². The van der Waals surface area contributed by atoms with E-state index in [-0.39, 0.29) is 5.56 Å². The number of ether oxygens (including phenoxy) is 1. The molecule has 1 aliphatic heterocycles. The molecule has 3 rings (SSSR count). The van der Waals surface area contributed by atoms with Crippen LogP contribution < -0.4 is 5.73 Å². The third-order valence-electron chi connectivity index (χ3n) is 3.44. The summed E-state index contributed by atoms with van der Waals surface area (Å²) in [7, 11) is 0. The SMILES string of the molecule is NC(=O)c1cnn2ccn([C@H]3O[C@@H](CO)[C@@H](O)[C@H]3O)c12. The number of rotatable bonds is 3. The van der Waals surface area contributed by atoms with Crippen LogP contribution >= 0.6 is 0 Å².